The van der Waals surface area contributed by atoms with Crippen molar-refractivity contribution in [1.29, 1.82) is 0 Å². The van der Waals surface area contributed by atoms with Crippen LogP contribution in [0.4, 0.5) is 13.2 Å². The highest BCUT2D eigenvalue weighted by atomic mass is 19.4. The fourth-order valence-electron chi connectivity index (χ4n) is 2.39. The summed E-state index contributed by atoms with van der Waals surface area (Å²) in [4.78, 5) is 12.1. The number of halogens is 3. The molecule has 1 amide bonds. The Kier molecular flexibility index (Phi) is 4.92. The molecule has 0 bridgehead atoms. The van der Waals surface area contributed by atoms with Gasteiger partial charge in [-0.3, -0.25) is 4.79 Å². The monoisotopic (exact) mass is 367 g/mol. The Hall–Kier alpha value is -2.90. The molecule has 0 saturated carbocycles. The highest BCUT2D eigenvalue weighted by molar-refractivity contribution is 5.80. The van der Waals surface area contributed by atoms with Crippen molar-refractivity contribution in [1.82, 2.24) is 5.32 Å². The van der Waals surface area contributed by atoms with E-state index in [1.807, 2.05) is 0 Å². The summed E-state index contributed by atoms with van der Waals surface area (Å²) in [5.41, 5.74) is -0.0307. The Bertz CT molecular complexity index is 807. The lowest BCUT2D eigenvalue weighted by Gasteiger charge is -2.16. The molecular formula is C18H16F3NO4. The molecule has 1 aliphatic heterocycles. The van der Waals surface area contributed by atoms with Gasteiger partial charge in [0.05, 0.1) is 5.56 Å². The van der Waals surface area contributed by atoms with Crippen LogP contribution in [0.2, 0.25) is 0 Å². The van der Waals surface area contributed by atoms with Crippen molar-refractivity contribution in [3.63, 3.8) is 0 Å². The fraction of sp³-hybridized carbons (Fsp3) is 0.278. The van der Waals surface area contributed by atoms with Crippen LogP contribution in [-0.4, -0.2) is 18.8 Å². The SMILES string of the molecule is CC(Oc1cccc(C(F)(F)F)c1)C(=O)NCc1ccc2c(c1)OCO2. The number of benzene rings is 2. The summed E-state index contributed by atoms with van der Waals surface area (Å²) in [6.07, 6.45) is -5.42. The number of hydrogen-bond acceptors (Lipinski definition) is 4. The smallest absolute Gasteiger partial charge is 0.416 e. The first-order valence-electron chi connectivity index (χ1n) is 7.83. The minimum Gasteiger partial charge on any atom is -0.481 e. The normalized spacial score (nSPS) is 14.0. The number of hydrogen-bond donors (Lipinski definition) is 1. The van der Waals surface area contributed by atoms with E-state index in [1.165, 1.54) is 19.1 Å². The van der Waals surface area contributed by atoms with E-state index in [9.17, 15) is 18.0 Å². The summed E-state index contributed by atoms with van der Waals surface area (Å²) >= 11 is 0. The number of amides is 1. The van der Waals surface area contributed by atoms with Crippen LogP contribution in [-0.2, 0) is 17.5 Å². The van der Waals surface area contributed by atoms with Crippen molar-refractivity contribution < 1.29 is 32.2 Å². The van der Waals surface area contributed by atoms with Crippen LogP contribution in [0.15, 0.2) is 42.5 Å². The molecule has 1 heterocycles. The highest BCUT2D eigenvalue weighted by Crippen LogP contribution is 2.33. The van der Waals surface area contributed by atoms with Gasteiger partial charge < -0.3 is 19.5 Å². The van der Waals surface area contributed by atoms with Crippen molar-refractivity contribution in [3.8, 4) is 17.2 Å². The molecule has 0 radical (unpaired) electrons. The van der Waals surface area contributed by atoms with E-state index in [0.717, 1.165) is 17.7 Å². The van der Waals surface area contributed by atoms with Crippen LogP contribution in [0.3, 0.4) is 0 Å². The van der Waals surface area contributed by atoms with Crippen LogP contribution >= 0.6 is 0 Å². The third-order valence-corrected chi connectivity index (χ3v) is 3.75. The molecule has 1 unspecified atom stereocenters. The van der Waals surface area contributed by atoms with Crippen LogP contribution in [0, 0.1) is 0 Å². The van der Waals surface area contributed by atoms with Crippen LogP contribution in [0.1, 0.15) is 18.1 Å². The summed E-state index contributed by atoms with van der Waals surface area (Å²) < 4.78 is 53.9. The zero-order valence-corrected chi connectivity index (χ0v) is 13.8. The Morgan fingerprint density at radius 1 is 1.19 bits per heavy atom. The Morgan fingerprint density at radius 3 is 2.73 bits per heavy atom. The third kappa shape index (κ3) is 4.19. The first kappa shape index (κ1) is 17.9. The van der Waals surface area contributed by atoms with E-state index in [1.54, 1.807) is 18.2 Å². The summed E-state index contributed by atoms with van der Waals surface area (Å²) in [5.74, 6) is 0.775. The van der Waals surface area contributed by atoms with Gasteiger partial charge in [0.25, 0.3) is 5.91 Å². The van der Waals surface area contributed by atoms with E-state index in [2.05, 4.69) is 5.32 Å². The van der Waals surface area contributed by atoms with Crippen molar-refractivity contribution in [3.05, 3.63) is 53.6 Å². The molecule has 5 nitrogen and oxygen atoms in total. The van der Waals surface area contributed by atoms with E-state index in [0.29, 0.717) is 11.5 Å². The molecule has 0 aromatic heterocycles. The highest BCUT2D eigenvalue weighted by Gasteiger charge is 2.30. The van der Waals surface area contributed by atoms with Gasteiger partial charge in [-0.1, -0.05) is 12.1 Å². The van der Waals surface area contributed by atoms with E-state index >= 15 is 0 Å². The van der Waals surface area contributed by atoms with Gasteiger partial charge in [0.15, 0.2) is 17.6 Å². The van der Waals surface area contributed by atoms with Gasteiger partial charge in [-0.2, -0.15) is 13.2 Å². The lowest BCUT2D eigenvalue weighted by Crippen LogP contribution is -2.35. The number of alkyl halides is 3. The molecule has 1 atom stereocenters. The molecule has 26 heavy (non-hydrogen) atoms. The molecule has 0 spiro atoms. The molecule has 1 N–H and O–H groups in total. The van der Waals surface area contributed by atoms with Gasteiger partial charge in [-0.25, -0.2) is 0 Å². The van der Waals surface area contributed by atoms with Crippen LogP contribution in [0.5, 0.6) is 17.2 Å². The van der Waals surface area contributed by atoms with E-state index < -0.39 is 23.8 Å². The predicted molar refractivity (Wildman–Crippen MR) is 85.9 cm³/mol. The molecule has 0 fully saturated rings. The van der Waals surface area contributed by atoms with Crippen LogP contribution in [0.25, 0.3) is 0 Å². The number of fused-ring (bicyclic) bond motifs is 1. The van der Waals surface area contributed by atoms with Gasteiger partial charge >= 0.3 is 6.18 Å². The van der Waals surface area contributed by atoms with Gasteiger partial charge in [-0.05, 0) is 42.8 Å². The fourth-order valence-corrected chi connectivity index (χ4v) is 2.39. The molecule has 0 aliphatic carbocycles. The third-order valence-electron chi connectivity index (χ3n) is 3.75. The summed E-state index contributed by atoms with van der Waals surface area (Å²) in [6, 6.07) is 9.69. The first-order chi connectivity index (χ1) is 12.3. The minimum atomic E-state index is -4.47. The van der Waals surface area contributed by atoms with Gasteiger partial charge in [-0.15, -0.1) is 0 Å². The molecule has 2 aromatic rings. The Morgan fingerprint density at radius 2 is 1.96 bits per heavy atom. The van der Waals surface area contributed by atoms with E-state index in [4.69, 9.17) is 14.2 Å². The first-order valence-corrected chi connectivity index (χ1v) is 7.83. The number of rotatable bonds is 5. The second kappa shape index (κ2) is 7.15. The zero-order valence-electron chi connectivity index (χ0n) is 13.8. The second-order valence-electron chi connectivity index (χ2n) is 5.69. The number of carbonyl (C=O) groups is 1. The number of nitrogens with one attached hydrogen (secondary N) is 1. The minimum absolute atomic E-state index is 0.0226. The maximum absolute atomic E-state index is 12.7. The predicted octanol–water partition coefficient (Wildman–Crippen LogP) is 3.52. The lowest BCUT2D eigenvalue weighted by atomic mass is 10.2. The second-order valence-corrected chi connectivity index (χ2v) is 5.69. The Labute approximate surface area is 147 Å². The number of ether oxygens (including phenoxy) is 3. The quantitative estimate of drug-likeness (QED) is 0.879. The zero-order chi connectivity index (χ0) is 18.7. The summed E-state index contributed by atoms with van der Waals surface area (Å²) in [5, 5.41) is 2.67. The van der Waals surface area contributed by atoms with E-state index in [-0.39, 0.29) is 19.1 Å². The Balaban J connectivity index is 1.56. The molecule has 3 rings (SSSR count). The maximum Gasteiger partial charge on any atom is 0.416 e. The maximum atomic E-state index is 12.7. The molecule has 2 aromatic carbocycles. The average Bonchev–Trinajstić information content (AvgIpc) is 3.06. The van der Waals surface area contributed by atoms with Crippen LogP contribution < -0.4 is 19.5 Å². The van der Waals surface area contributed by atoms with Gasteiger partial charge in [0.1, 0.15) is 5.75 Å². The standard InChI is InChI=1S/C18H16F3NO4/c1-11(26-14-4-2-3-13(8-14)18(19,20)21)17(23)22-9-12-5-6-15-16(7-12)25-10-24-15/h2-8,11H,9-10H2,1H3,(H,22,23). The summed E-state index contributed by atoms with van der Waals surface area (Å²) in [6.45, 7) is 1.86. The number of carbonyl (C=O) groups excluding carboxylic acids is 1. The van der Waals surface area contributed by atoms with Crippen molar-refractivity contribution in [2.45, 2.75) is 25.7 Å². The largest absolute Gasteiger partial charge is 0.481 e. The molecular weight excluding hydrogens is 351 g/mol. The average molecular weight is 367 g/mol. The van der Waals surface area contributed by atoms with Gasteiger partial charge in [0.2, 0.25) is 6.79 Å². The molecule has 1 aliphatic rings. The van der Waals surface area contributed by atoms with Crippen molar-refractivity contribution in [2.24, 2.45) is 0 Å². The molecule has 0 saturated heterocycles. The summed E-state index contributed by atoms with van der Waals surface area (Å²) in [7, 11) is 0. The van der Waals surface area contributed by atoms with Crippen molar-refractivity contribution in [2.75, 3.05) is 6.79 Å². The molecule has 8 heteroatoms. The molecule has 138 valence electrons. The van der Waals surface area contributed by atoms with Gasteiger partial charge in [0, 0.05) is 6.54 Å². The topological polar surface area (TPSA) is 56.8 Å². The lowest BCUT2D eigenvalue weighted by molar-refractivity contribution is -0.137. The van der Waals surface area contributed by atoms with Crippen molar-refractivity contribution >= 4 is 5.91 Å².